The van der Waals surface area contributed by atoms with Crippen molar-refractivity contribution < 1.29 is 22.8 Å². The first kappa shape index (κ1) is 17.8. The van der Waals surface area contributed by atoms with Crippen LogP contribution >= 0.6 is 0 Å². The van der Waals surface area contributed by atoms with Crippen LogP contribution in [0.5, 0.6) is 0 Å². The highest BCUT2D eigenvalue weighted by Crippen LogP contribution is 2.34. The molecule has 1 aromatic carbocycles. The lowest BCUT2D eigenvalue weighted by Crippen LogP contribution is -2.44. The van der Waals surface area contributed by atoms with E-state index in [0.29, 0.717) is 18.5 Å². The lowest BCUT2D eigenvalue weighted by atomic mass is 10.1. The Morgan fingerprint density at radius 3 is 2.40 bits per heavy atom. The number of halogens is 3. The molecule has 25 heavy (non-hydrogen) atoms. The summed E-state index contributed by atoms with van der Waals surface area (Å²) in [6.07, 6.45) is -2.37. The van der Waals surface area contributed by atoms with Gasteiger partial charge in [-0.2, -0.15) is 13.2 Å². The number of amides is 2. The van der Waals surface area contributed by atoms with Crippen molar-refractivity contribution >= 4 is 17.5 Å². The largest absolute Gasteiger partial charge is 0.406 e. The van der Waals surface area contributed by atoms with Gasteiger partial charge in [-0.25, -0.2) is 0 Å². The zero-order valence-electron chi connectivity index (χ0n) is 14.1. The van der Waals surface area contributed by atoms with Crippen molar-refractivity contribution in [2.24, 2.45) is 5.92 Å². The van der Waals surface area contributed by atoms with E-state index in [1.54, 1.807) is 0 Å². The molecule has 0 aromatic heterocycles. The molecule has 0 bridgehead atoms. The molecule has 1 unspecified atom stereocenters. The molecule has 0 N–H and O–H groups in total. The Kier molecular flexibility index (Phi) is 4.75. The van der Waals surface area contributed by atoms with Crippen LogP contribution in [0.4, 0.5) is 18.9 Å². The van der Waals surface area contributed by atoms with E-state index >= 15 is 0 Å². The van der Waals surface area contributed by atoms with Gasteiger partial charge in [0.15, 0.2) is 0 Å². The minimum Gasteiger partial charge on any atom is -0.330 e. The quantitative estimate of drug-likeness (QED) is 0.815. The molecule has 7 heteroatoms. The Hall–Kier alpha value is -2.05. The average Bonchev–Trinajstić information content (AvgIpc) is 3.33. The number of carbonyl (C=O) groups excluding carboxylic acids is 2. The lowest BCUT2D eigenvalue weighted by Gasteiger charge is -2.26. The van der Waals surface area contributed by atoms with E-state index in [9.17, 15) is 22.8 Å². The van der Waals surface area contributed by atoms with Crippen LogP contribution in [0.1, 0.15) is 31.7 Å². The molecule has 1 saturated heterocycles. The van der Waals surface area contributed by atoms with Crippen molar-refractivity contribution in [3.63, 3.8) is 0 Å². The fourth-order valence-electron chi connectivity index (χ4n) is 3.23. The topological polar surface area (TPSA) is 40.6 Å². The van der Waals surface area contributed by atoms with E-state index in [1.807, 2.05) is 31.2 Å². The van der Waals surface area contributed by atoms with Crippen LogP contribution in [0, 0.1) is 5.92 Å². The van der Waals surface area contributed by atoms with Crippen LogP contribution in [0.15, 0.2) is 24.3 Å². The predicted octanol–water partition coefficient (Wildman–Crippen LogP) is 3.16. The van der Waals surface area contributed by atoms with Crippen molar-refractivity contribution in [2.75, 3.05) is 18.0 Å². The maximum Gasteiger partial charge on any atom is 0.406 e. The number of anilines is 1. The van der Waals surface area contributed by atoms with Crippen molar-refractivity contribution in [2.45, 2.75) is 44.8 Å². The molecule has 1 heterocycles. The maximum atomic E-state index is 12.8. The summed E-state index contributed by atoms with van der Waals surface area (Å²) in [5.41, 5.74) is 1.82. The second-order valence-electron chi connectivity index (χ2n) is 6.74. The van der Waals surface area contributed by atoms with Crippen LogP contribution in [0.25, 0.3) is 0 Å². The third-order valence-corrected chi connectivity index (χ3v) is 4.75. The van der Waals surface area contributed by atoms with Gasteiger partial charge in [0, 0.05) is 24.7 Å². The molecule has 0 spiro atoms. The van der Waals surface area contributed by atoms with Crippen LogP contribution in [0.3, 0.4) is 0 Å². The van der Waals surface area contributed by atoms with E-state index in [1.165, 1.54) is 4.90 Å². The number of alkyl halides is 3. The third kappa shape index (κ3) is 4.14. The summed E-state index contributed by atoms with van der Waals surface area (Å²) < 4.78 is 38.3. The average molecular weight is 354 g/mol. The Balaban J connectivity index is 1.71. The highest BCUT2D eigenvalue weighted by molar-refractivity contribution is 6.00. The summed E-state index contributed by atoms with van der Waals surface area (Å²) in [4.78, 5) is 27.3. The number of nitrogens with zero attached hydrogens (tertiary/aromatic N) is 2. The molecule has 2 amide bonds. The fraction of sp³-hybridized carbons (Fsp3) is 0.556. The maximum absolute atomic E-state index is 12.8. The van der Waals surface area contributed by atoms with E-state index in [2.05, 4.69) is 0 Å². The second-order valence-corrected chi connectivity index (χ2v) is 6.74. The molecular weight excluding hydrogens is 333 g/mol. The van der Waals surface area contributed by atoms with Crippen molar-refractivity contribution in [1.29, 1.82) is 0 Å². The molecule has 136 valence electrons. The number of aryl methyl sites for hydroxylation is 1. The van der Waals surface area contributed by atoms with Gasteiger partial charge in [0.25, 0.3) is 0 Å². The Labute approximate surface area is 144 Å². The first-order chi connectivity index (χ1) is 11.8. The van der Waals surface area contributed by atoms with Gasteiger partial charge in [-0.1, -0.05) is 19.1 Å². The summed E-state index contributed by atoms with van der Waals surface area (Å²) in [5.74, 6) is -1.48. The minimum atomic E-state index is -4.42. The highest BCUT2D eigenvalue weighted by atomic mass is 19.4. The molecule has 1 aliphatic carbocycles. The predicted molar refractivity (Wildman–Crippen MR) is 87.1 cm³/mol. The Morgan fingerprint density at radius 2 is 1.88 bits per heavy atom. The first-order valence-corrected chi connectivity index (χ1v) is 8.55. The molecule has 1 aliphatic heterocycles. The van der Waals surface area contributed by atoms with Crippen LogP contribution in [0.2, 0.25) is 0 Å². The molecule has 2 aliphatic rings. The molecular formula is C18H21F3N2O2. The van der Waals surface area contributed by atoms with Gasteiger partial charge in [0.2, 0.25) is 11.8 Å². The van der Waals surface area contributed by atoms with E-state index < -0.39 is 24.5 Å². The van der Waals surface area contributed by atoms with Gasteiger partial charge < -0.3 is 9.80 Å². The molecule has 1 atom stereocenters. The number of benzene rings is 1. The molecule has 4 nitrogen and oxygen atoms in total. The van der Waals surface area contributed by atoms with Gasteiger partial charge in [-0.05, 0) is 37.0 Å². The van der Waals surface area contributed by atoms with Gasteiger partial charge in [-0.15, -0.1) is 0 Å². The van der Waals surface area contributed by atoms with Gasteiger partial charge in [0.1, 0.15) is 6.54 Å². The molecule has 1 aromatic rings. The zero-order chi connectivity index (χ0) is 18.2. The monoisotopic (exact) mass is 354 g/mol. The van der Waals surface area contributed by atoms with Crippen molar-refractivity contribution in [3.8, 4) is 0 Å². The summed E-state index contributed by atoms with van der Waals surface area (Å²) in [6.45, 7) is 0.939. The van der Waals surface area contributed by atoms with Gasteiger partial charge in [-0.3, -0.25) is 9.59 Å². The third-order valence-electron chi connectivity index (χ3n) is 4.75. The van der Waals surface area contributed by atoms with Gasteiger partial charge >= 0.3 is 6.18 Å². The lowest BCUT2D eigenvalue weighted by molar-refractivity contribution is -0.164. The summed E-state index contributed by atoms with van der Waals surface area (Å²) in [6, 6.07) is 7.13. The van der Waals surface area contributed by atoms with Crippen molar-refractivity contribution in [3.05, 3.63) is 29.8 Å². The summed E-state index contributed by atoms with van der Waals surface area (Å²) in [7, 11) is 0. The Morgan fingerprint density at radius 1 is 1.24 bits per heavy atom. The summed E-state index contributed by atoms with van der Waals surface area (Å²) >= 11 is 0. The minimum absolute atomic E-state index is 0.0323. The SMILES string of the molecule is CCc1ccc(N2CC(C(=O)N(CC(F)(F)F)C3CC3)CC2=O)cc1. The first-order valence-electron chi connectivity index (χ1n) is 8.55. The van der Waals surface area contributed by atoms with Crippen LogP contribution < -0.4 is 4.90 Å². The number of hydrogen-bond acceptors (Lipinski definition) is 2. The molecule has 0 radical (unpaired) electrons. The van der Waals surface area contributed by atoms with Crippen LogP contribution in [-0.4, -0.2) is 42.0 Å². The van der Waals surface area contributed by atoms with E-state index in [0.717, 1.165) is 16.9 Å². The smallest absolute Gasteiger partial charge is 0.330 e. The van der Waals surface area contributed by atoms with E-state index in [4.69, 9.17) is 0 Å². The number of carbonyl (C=O) groups is 2. The normalized spacial score (nSPS) is 20.9. The fourth-order valence-corrected chi connectivity index (χ4v) is 3.23. The second kappa shape index (κ2) is 6.69. The standard InChI is InChI=1S/C18H21F3N2O2/c1-2-12-3-5-14(6-4-12)22-10-13(9-16(22)24)17(25)23(15-7-8-15)11-18(19,20)21/h3-6,13,15H,2,7-11H2,1H3. The molecule has 3 rings (SSSR count). The number of hydrogen-bond donors (Lipinski definition) is 0. The van der Waals surface area contributed by atoms with Crippen molar-refractivity contribution in [1.82, 2.24) is 4.90 Å². The molecule has 1 saturated carbocycles. The Bertz CT molecular complexity index is 653. The zero-order valence-corrected chi connectivity index (χ0v) is 14.1. The number of rotatable bonds is 5. The van der Waals surface area contributed by atoms with Crippen LogP contribution in [-0.2, 0) is 16.0 Å². The van der Waals surface area contributed by atoms with Gasteiger partial charge in [0.05, 0.1) is 5.92 Å². The molecule has 2 fully saturated rings. The van der Waals surface area contributed by atoms with E-state index in [-0.39, 0.29) is 24.9 Å². The summed E-state index contributed by atoms with van der Waals surface area (Å²) in [5, 5.41) is 0. The highest BCUT2D eigenvalue weighted by Gasteiger charge is 2.45.